The van der Waals surface area contributed by atoms with E-state index in [2.05, 4.69) is 34.0 Å². The second kappa shape index (κ2) is 7.04. The highest BCUT2D eigenvalue weighted by Gasteiger charge is 2.28. The number of nitrogens with one attached hydrogen (secondary N) is 1. The zero-order valence-electron chi connectivity index (χ0n) is 14.7. The number of halogens is 1. The number of amides is 1. The van der Waals surface area contributed by atoms with Crippen molar-refractivity contribution >= 4 is 51.3 Å². The lowest BCUT2D eigenvalue weighted by molar-refractivity contribution is -0.134. The van der Waals surface area contributed by atoms with Crippen molar-refractivity contribution < 1.29 is 4.79 Å². The van der Waals surface area contributed by atoms with Crippen molar-refractivity contribution in [3.8, 4) is 0 Å². The summed E-state index contributed by atoms with van der Waals surface area (Å²) in [5, 5.41) is 10.5. The fraction of sp³-hybridized carbons (Fsp3) is 0.444. The number of benzene rings is 1. The van der Waals surface area contributed by atoms with E-state index in [9.17, 15) is 4.79 Å². The van der Waals surface area contributed by atoms with Crippen LogP contribution in [0.2, 0.25) is 5.02 Å². The second-order valence-corrected chi connectivity index (χ2v) is 8.20. The minimum Gasteiger partial charge on any atom is -0.338 e. The summed E-state index contributed by atoms with van der Waals surface area (Å²) >= 11 is 7.39. The number of nitrogens with zero attached hydrogens (tertiary/aromatic N) is 4. The number of aromatic amines is 1. The van der Waals surface area contributed by atoms with Crippen molar-refractivity contribution in [3.05, 3.63) is 23.2 Å². The van der Waals surface area contributed by atoms with Gasteiger partial charge in [-0.1, -0.05) is 23.4 Å². The van der Waals surface area contributed by atoms with Gasteiger partial charge in [0.15, 0.2) is 5.65 Å². The average molecular weight is 390 g/mol. The molecule has 1 N–H and O–H groups in total. The molecule has 136 valence electrons. The molecule has 1 aliphatic rings. The molecule has 1 aromatic carbocycles. The Kier molecular flexibility index (Phi) is 4.75. The minimum absolute atomic E-state index is 0.141. The van der Waals surface area contributed by atoms with Gasteiger partial charge in [0.25, 0.3) is 0 Å². The summed E-state index contributed by atoms with van der Waals surface area (Å²) in [5.41, 5.74) is 2.27. The van der Waals surface area contributed by atoms with Crippen molar-refractivity contribution in [2.45, 2.75) is 50.4 Å². The monoisotopic (exact) mass is 389 g/mol. The van der Waals surface area contributed by atoms with Gasteiger partial charge in [0.05, 0.1) is 5.75 Å². The molecule has 0 radical (unpaired) electrons. The normalized spacial score (nSPS) is 20.8. The molecule has 2 atom stereocenters. The van der Waals surface area contributed by atoms with Crippen LogP contribution in [0, 0.1) is 0 Å². The van der Waals surface area contributed by atoms with Crippen LogP contribution < -0.4 is 0 Å². The van der Waals surface area contributed by atoms with E-state index in [1.807, 2.05) is 23.1 Å². The number of thioether (sulfide) groups is 1. The predicted octanol–water partition coefficient (Wildman–Crippen LogP) is 4.04. The SMILES string of the molecule is C[C@H]1CCC[C@H](C)N1C(=O)CSc1nnc2c(n1)[nH]c1ccc(Cl)cc12. The van der Waals surface area contributed by atoms with E-state index in [-0.39, 0.29) is 5.91 Å². The van der Waals surface area contributed by atoms with Gasteiger partial charge in [-0.05, 0) is 51.3 Å². The third-order valence-corrected chi connectivity index (χ3v) is 6.02. The zero-order chi connectivity index (χ0) is 18.3. The highest BCUT2D eigenvalue weighted by atomic mass is 35.5. The van der Waals surface area contributed by atoms with Crippen LogP contribution in [0.3, 0.4) is 0 Å². The number of carbonyl (C=O) groups excluding carboxylic acids is 1. The number of H-pyrrole nitrogens is 1. The first kappa shape index (κ1) is 17.5. The lowest BCUT2D eigenvalue weighted by atomic mass is 9.98. The lowest BCUT2D eigenvalue weighted by Crippen LogP contribution is -2.48. The van der Waals surface area contributed by atoms with Crippen molar-refractivity contribution in [1.82, 2.24) is 25.1 Å². The Balaban J connectivity index is 1.52. The van der Waals surface area contributed by atoms with E-state index in [0.29, 0.717) is 39.2 Å². The Morgan fingerprint density at radius 1 is 1.31 bits per heavy atom. The number of hydrogen-bond acceptors (Lipinski definition) is 5. The molecule has 6 nitrogen and oxygen atoms in total. The van der Waals surface area contributed by atoms with Gasteiger partial charge in [0.1, 0.15) is 5.52 Å². The van der Waals surface area contributed by atoms with Crippen LogP contribution in [0.15, 0.2) is 23.4 Å². The summed E-state index contributed by atoms with van der Waals surface area (Å²) in [7, 11) is 0. The summed E-state index contributed by atoms with van der Waals surface area (Å²) in [5.74, 6) is 0.468. The van der Waals surface area contributed by atoms with E-state index < -0.39 is 0 Å². The molecule has 1 saturated heterocycles. The van der Waals surface area contributed by atoms with E-state index >= 15 is 0 Å². The molecule has 8 heteroatoms. The summed E-state index contributed by atoms with van der Waals surface area (Å²) in [6.07, 6.45) is 3.33. The highest BCUT2D eigenvalue weighted by Crippen LogP contribution is 2.27. The molecule has 0 bridgehead atoms. The van der Waals surface area contributed by atoms with E-state index in [1.54, 1.807) is 0 Å². The number of rotatable bonds is 3. The zero-order valence-corrected chi connectivity index (χ0v) is 16.3. The first-order chi connectivity index (χ1) is 12.5. The van der Waals surface area contributed by atoms with Gasteiger partial charge in [0, 0.05) is 28.0 Å². The number of likely N-dealkylation sites (tertiary alicyclic amines) is 1. The van der Waals surface area contributed by atoms with Crippen LogP contribution in [0.1, 0.15) is 33.1 Å². The number of piperidine rings is 1. The third-order valence-electron chi connectivity index (χ3n) is 4.96. The molecule has 1 fully saturated rings. The van der Waals surface area contributed by atoms with Gasteiger partial charge < -0.3 is 9.88 Å². The van der Waals surface area contributed by atoms with Gasteiger partial charge in [-0.25, -0.2) is 4.98 Å². The predicted molar refractivity (Wildman–Crippen MR) is 105 cm³/mol. The van der Waals surface area contributed by atoms with Crippen LogP contribution in [0.4, 0.5) is 0 Å². The number of aromatic nitrogens is 4. The van der Waals surface area contributed by atoms with Gasteiger partial charge in [-0.15, -0.1) is 10.2 Å². The quantitative estimate of drug-likeness (QED) is 0.684. The molecule has 0 unspecified atom stereocenters. The van der Waals surface area contributed by atoms with Gasteiger partial charge in [-0.2, -0.15) is 0 Å². The average Bonchev–Trinajstić information content (AvgIpc) is 2.97. The number of fused-ring (bicyclic) bond motifs is 3. The smallest absolute Gasteiger partial charge is 0.233 e. The first-order valence-electron chi connectivity index (χ1n) is 8.78. The molecule has 26 heavy (non-hydrogen) atoms. The first-order valence-corrected chi connectivity index (χ1v) is 10.1. The Morgan fingerprint density at radius 2 is 2.08 bits per heavy atom. The van der Waals surface area contributed by atoms with Crippen LogP contribution in [-0.2, 0) is 4.79 Å². The van der Waals surface area contributed by atoms with Crippen LogP contribution in [0.25, 0.3) is 22.1 Å². The molecular formula is C18H20ClN5OS. The molecule has 0 aliphatic carbocycles. The highest BCUT2D eigenvalue weighted by molar-refractivity contribution is 7.99. The summed E-state index contributed by atoms with van der Waals surface area (Å²) in [6.45, 7) is 4.25. The van der Waals surface area contributed by atoms with Gasteiger partial charge >= 0.3 is 0 Å². The molecule has 0 spiro atoms. The number of carbonyl (C=O) groups is 1. The largest absolute Gasteiger partial charge is 0.338 e. The Labute approximate surface area is 160 Å². The fourth-order valence-electron chi connectivity index (χ4n) is 3.70. The Hall–Kier alpha value is -1.86. The maximum Gasteiger partial charge on any atom is 0.233 e. The van der Waals surface area contributed by atoms with Crippen molar-refractivity contribution in [1.29, 1.82) is 0 Å². The maximum atomic E-state index is 12.6. The van der Waals surface area contributed by atoms with E-state index in [4.69, 9.17) is 11.6 Å². The molecule has 0 saturated carbocycles. The second-order valence-electron chi connectivity index (χ2n) is 6.83. The van der Waals surface area contributed by atoms with Crippen molar-refractivity contribution in [3.63, 3.8) is 0 Å². The van der Waals surface area contributed by atoms with E-state index in [1.165, 1.54) is 18.2 Å². The van der Waals surface area contributed by atoms with Crippen molar-refractivity contribution in [2.24, 2.45) is 0 Å². The van der Waals surface area contributed by atoms with Gasteiger partial charge in [-0.3, -0.25) is 4.79 Å². The van der Waals surface area contributed by atoms with Crippen LogP contribution in [-0.4, -0.2) is 48.8 Å². The molecule has 3 aromatic rings. The Morgan fingerprint density at radius 3 is 2.85 bits per heavy atom. The molecule has 4 rings (SSSR count). The summed E-state index contributed by atoms with van der Waals surface area (Å²) in [4.78, 5) is 22.4. The fourth-order valence-corrected chi connectivity index (χ4v) is 4.53. The topological polar surface area (TPSA) is 74.8 Å². The summed E-state index contributed by atoms with van der Waals surface area (Å²) < 4.78 is 0. The van der Waals surface area contributed by atoms with Crippen LogP contribution >= 0.6 is 23.4 Å². The molecule has 1 aliphatic heterocycles. The van der Waals surface area contributed by atoms with E-state index in [0.717, 1.165) is 23.7 Å². The summed E-state index contributed by atoms with van der Waals surface area (Å²) in [6, 6.07) is 6.17. The third kappa shape index (κ3) is 3.25. The maximum absolute atomic E-state index is 12.6. The number of hydrogen-bond donors (Lipinski definition) is 1. The lowest BCUT2D eigenvalue weighted by Gasteiger charge is -2.39. The van der Waals surface area contributed by atoms with Crippen molar-refractivity contribution in [2.75, 3.05) is 5.75 Å². The standard InChI is InChI=1S/C18H20ClN5OS/c1-10-4-3-5-11(2)24(10)15(25)9-26-18-21-17-16(22-23-18)13-8-12(19)6-7-14(13)20-17/h6-8,10-11H,3-5,9H2,1-2H3,(H,20,21,23)/t10-,11-/m0/s1. The molecule has 1 amide bonds. The Bertz CT molecular complexity index is 965. The minimum atomic E-state index is 0.141. The van der Waals surface area contributed by atoms with Crippen LogP contribution in [0.5, 0.6) is 0 Å². The molecular weight excluding hydrogens is 370 g/mol. The molecule has 3 heterocycles. The van der Waals surface area contributed by atoms with Gasteiger partial charge in [0.2, 0.25) is 11.1 Å². The molecule has 2 aromatic heterocycles.